The van der Waals surface area contributed by atoms with Gasteiger partial charge in [-0.2, -0.15) is 0 Å². The van der Waals surface area contributed by atoms with Crippen LogP contribution in [0.25, 0.3) is 0 Å². The van der Waals surface area contributed by atoms with E-state index in [-0.39, 0.29) is 17.4 Å². The van der Waals surface area contributed by atoms with Gasteiger partial charge in [-0.15, -0.1) is 0 Å². The van der Waals surface area contributed by atoms with Crippen molar-refractivity contribution in [2.45, 2.75) is 45.1 Å². The van der Waals surface area contributed by atoms with Gasteiger partial charge in [-0.05, 0) is 68.7 Å². The molecule has 2 saturated heterocycles. The number of hydrogen-bond acceptors (Lipinski definition) is 4. The highest BCUT2D eigenvalue weighted by Gasteiger charge is 2.59. The van der Waals surface area contributed by atoms with E-state index in [9.17, 15) is 9.59 Å². The molecule has 0 radical (unpaired) electrons. The molecular formula is C24H33N3O3. The summed E-state index contributed by atoms with van der Waals surface area (Å²) in [6.45, 7) is 6.90. The van der Waals surface area contributed by atoms with Crippen molar-refractivity contribution in [2.75, 3.05) is 45.9 Å². The molecule has 1 aromatic rings. The molecule has 4 aliphatic rings. The fraction of sp³-hybridized carbons (Fsp3) is 0.667. The first kappa shape index (κ1) is 19.9. The van der Waals surface area contributed by atoms with Crippen molar-refractivity contribution in [1.82, 2.24) is 14.7 Å². The molecule has 1 spiro atoms. The van der Waals surface area contributed by atoms with Gasteiger partial charge in [0.25, 0.3) is 0 Å². The molecule has 1 aromatic carbocycles. The molecule has 0 aromatic heterocycles. The second-order valence-electron chi connectivity index (χ2n) is 9.50. The molecule has 1 saturated carbocycles. The lowest BCUT2D eigenvalue weighted by Crippen LogP contribution is -2.51. The Hall–Kier alpha value is -2.08. The number of rotatable bonds is 3. The van der Waals surface area contributed by atoms with Crippen LogP contribution >= 0.6 is 0 Å². The van der Waals surface area contributed by atoms with E-state index in [0.29, 0.717) is 44.7 Å². The smallest absolute Gasteiger partial charge is 0.409 e. The van der Waals surface area contributed by atoms with Gasteiger partial charge in [0.05, 0.1) is 6.61 Å². The number of piperazine rings is 1. The number of ether oxygens (including phenoxy) is 1. The van der Waals surface area contributed by atoms with Gasteiger partial charge >= 0.3 is 6.09 Å². The normalized spacial score (nSPS) is 26.0. The highest BCUT2D eigenvalue weighted by atomic mass is 16.6. The Morgan fingerprint density at radius 1 is 0.967 bits per heavy atom. The molecule has 6 nitrogen and oxygen atoms in total. The second kappa shape index (κ2) is 7.88. The van der Waals surface area contributed by atoms with Crippen LogP contribution < -0.4 is 0 Å². The first-order chi connectivity index (χ1) is 14.6. The number of likely N-dealkylation sites (tertiary alicyclic amines) is 1. The molecule has 0 N–H and O–H groups in total. The second-order valence-corrected chi connectivity index (χ2v) is 9.50. The summed E-state index contributed by atoms with van der Waals surface area (Å²) in [7, 11) is 0. The quantitative estimate of drug-likeness (QED) is 0.767. The third-order valence-electron chi connectivity index (χ3n) is 7.94. The number of hydrogen-bond donors (Lipinski definition) is 0. The average molecular weight is 412 g/mol. The minimum Gasteiger partial charge on any atom is -0.450 e. The lowest BCUT2D eigenvalue weighted by atomic mass is 9.89. The molecule has 1 unspecified atom stereocenters. The van der Waals surface area contributed by atoms with Crippen LogP contribution in [0.3, 0.4) is 0 Å². The van der Waals surface area contributed by atoms with Crippen LogP contribution in [0.15, 0.2) is 24.3 Å². The molecule has 162 valence electrons. The number of benzene rings is 1. The summed E-state index contributed by atoms with van der Waals surface area (Å²) in [5.41, 5.74) is 3.28. The molecule has 2 aliphatic carbocycles. The number of carbonyl (C=O) groups is 2. The topological polar surface area (TPSA) is 53.1 Å². The predicted molar refractivity (Wildman–Crippen MR) is 114 cm³/mol. The van der Waals surface area contributed by atoms with Crippen LogP contribution in [0.5, 0.6) is 0 Å². The summed E-state index contributed by atoms with van der Waals surface area (Å²) in [6, 6.07) is 9.50. The van der Waals surface area contributed by atoms with Gasteiger partial charge in [-0.3, -0.25) is 9.69 Å². The van der Waals surface area contributed by atoms with Crippen LogP contribution in [0.4, 0.5) is 4.79 Å². The molecule has 30 heavy (non-hydrogen) atoms. The van der Waals surface area contributed by atoms with Gasteiger partial charge in [0.15, 0.2) is 0 Å². The van der Waals surface area contributed by atoms with Gasteiger partial charge in [0.2, 0.25) is 5.91 Å². The summed E-state index contributed by atoms with van der Waals surface area (Å²) < 4.78 is 5.08. The Labute approximate surface area is 179 Å². The monoisotopic (exact) mass is 411 g/mol. The van der Waals surface area contributed by atoms with E-state index in [1.807, 2.05) is 11.8 Å². The number of amides is 2. The highest BCUT2D eigenvalue weighted by molar-refractivity contribution is 5.83. The van der Waals surface area contributed by atoms with Crippen molar-refractivity contribution in [3.63, 3.8) is 0 Å². The van der Waals surface area contributed by atoms with Gasteiger partial charge in [0, 0.05) is 38.1 Å². The summed E-state index contributed by atoms with van der Waals surface area (Å²) in [5, 5.41) is 0. The van der Waals surface area contributed by atoms with Gasteiger partial charge < -0.3 is 14.5 Å². The number of piperidine rings is 1. The van der Waals surface area contributed by atoms with Crippen molar-refractivity contribution >= 4 is 12.0 Å². The van der Waals surface area contributed by atoms with E-state index in [4.69, 9.17) is 4.74 Å². The molecule has 2 aliphatic heterocycles. The van der Waals surface area contributed by atoms with Crippen molar-refractivity contribution < 1.29 is 14.3 Å². The standard InChI is InChI=1S/C24H33N3O3/c1-2-30-23(29)27-13-11-26(12-14-27)22(28)21-17-24(21)7-9-25(10-8-24)20-15-18-5-3-4-6-19(18)16-20/h3-6,20-21H,2,7-17H2,1H3. The molecule has 6 heteroatoms. The first-order valence-corrected chi connectivity index (χ1v) is 11.6. The summed E-state index contributed by atoms with van der Waals surface area (Å²) in [5.74, 6) is 0.523. The largest absolute Gasteiger partial charge is 0.450 e. The van der Waals surface area contributed by atoms with Crippen LogP contribution in [0.1, 0.15) is 37.3 Å². The zero-order valence-corrected chi connectivity index (χ0v) is 18.0. The summed E-state index contributed by atoms with van der Waals surface area (Å²) >= 11 is 0. The van der Waals surface area contributed by atoms with E-state index in [1.165, 1.54) is 24.0 Å². The molecule has 5 rings (SSSR count). The highest BCUT2D eigenvalue weighted by Crippen LogP contribution is 2.60. The molecule has 1 atom stereocenters. The summed E-state index contributed by atoms with van der Waals surface area (Å²) in [6.07, 6.45) is 5.46. The Morgan fingerprint density at radius 3 is 2.17 bits per heavy atom. The maximum atomic E-state index is 13.1. The Kier molecular flexibility index (Phi) is 5.21. The fourth-order valence-corrected chi connectivity index (χ4v) is 5.92. The Bertz CT molecular complexity index is 785. The van der Waals surface area contributed by atoms with E-state index in [2.05, 4.69) is 29.2 Å². The van der Waals surface area contributed by atoms with Crippen molar-refractivity contribution in [1.29, 1.82) is 0 Å². The van der Waals surface area contributed by atoms with Crippen LogP contribution in [0, 0.1) is 11.3 Å². The maximum Gasteiger partial charge on any atom is 0.409 e. The fourth-order valence-electron chi connectivity index (χ4n) is 5.92. The van der Waals surface area contributed by atoms with E-state index in [1.54, 1.807) is 4.90 Å². The Morgan fingerprint density at radius 2 is 1.57 bits per heavy atom. The maximum absolute atomic E-state index is 13.1. The average Bonchev–Trinajstić information content (AvgIpc) is 3.29. The third-order valence-corrected chi connectivity index (χ3v) is 7.94. The van der Waals surface area contributed by atoms with E-state index < -0.39 is 0 Å². The molecule has 2 amide bonds. The Balaban J connectivity index is 1.10. The lowest BCUT2D eigenvalue weighted by molar-refractivity contribution is -0.135. The number of carbonyl (C=O) groups excluding carboxylic acids is 2. The lowest BCUT2D eigenvalue weighted by Gasteiger charge is -2.38. The molecule has 3 fully saturated rings. The third kappa shape index (κ3) is 3.59. The summed E-state index contributed by atoms with van der Waals surface area (Å²) in [4.78, 5) is 31.3. The number of fused-ring (bicyclic) bond motifs is 1. The molecular weight excluding hydrogens is 378 g/mol. The molecule has 0 bridgehead atoms. The zero-order chi connectivity index (χ0) is 20.7. The van der Waals surface area contributed by atoms with Crippen molar-refractivity contribution in [3.8, 4) is 0 Å². The zero-order valence-electron chi connectivity index (χ0n) is 18.0. The van der Waals surface area contributed by atoms with Gasteiger partial charge in [-0.1, -0.05) is 24.3 Å². The minimum atomic E-state index is -0.256. The van der Waals surface area contributed by atoms with Gasteiger partial charge in [0.1, 0.15) is 0 Å². The van der Waals surface area contributed by atoms with Crippen molar-refractivity contribution in [2.24, 2.45) is 11.3 Å². The number of nitrogens with zero attached hydrogens (tertiary/aromatic N) is 3. The van der Waals surface area contributed by atoms with Gasteiger partial charge in [-0.25, -0.2) is 4.79 Å². The van der Waals surface area contributed by atoms with Crippen LogP contribution in [-0.2, 0) is 22.4 Å². The SMILES string of the molecule is CCOC(=O)N1CCN(C(=O)C2CC23CCN(C2Cc4ccccc4C2)CC3)CC1. The van der Waals surface area contributed by atoms with E-state index >= 15 is 0 Å². The van der Waals surface area contributed by atoms with Crippen LogP contribution in [0.2, 0.25) is 0 Å². The first-order valence-electron chi connectivity index (χ1n) is 11.6. The predicted octanol–water partition coefficient (Wildman–Crippen LogP) is 2.56. The molecule has 2 heterocycles. The van der Waals surface area contributed by atoms with Crippen LogP contribution in [-0.4, -0.2) is 78.6 Å². The van der Waals surface area contributed by atoms with E-state index in [0.717, 1.165) is 32.4 Å². The van der Waals surface area contributed by atoms with Crippen molar-refractivity contribution in [3.05, 3.63) is 35.4 Å². The minimum absolute atomic E-state index is 0.203.